The van der Waals surface area contributed by atoms with Gasteiger partial charge in [-0.2, -0.15) is 0 Å². The quantitative estimate of drug-likeness (QED) is 0.812. The molecule has 1 aromatic heterocycles. The van der Waals surface area contributed by atoms with E-state index in [1.165, 1.54) is 23.4 Å². The first-order valence-corrected chi connectivity index (χ1v) is 7.40. The summed E-state index contributed by atoms with van der Waals surface area (Å²) in [7, 11) is 0. The minimum atomic E-state index is 0.462. The third-order valence-electron chi connectivity index (χ3n) is 2.88. The van der Waals surface area contributed by atoms with Crippen molar-refractivity contribution in [1.29, 1.82) is 0 Å². The van der Waals surface area contributed by atoms with Gasteiger partial charge in [0, 0.05) is 24.5 Å². The summed E-state index contributed by atoms with van der Waals surface area (Å²) in [6, 6.07) is 0. The molecule has 0 saturated carbocycles. The number of aromatic nitrogens is 1. The summed E-state index contributed by atoms with van der Waals surface area (Å²) in [6.07, 6.45) is 2.45. The van der Waals surface area contributed by atoms with Gasteiger partial charge in [0.2, 0.25) is 0 Å². The van der Waals surface area contributed by atoms with E-state index in [1.807, 2.05) is 0 Å². The minimum Gasteiger partial charge on any atom is -0.348 e. The highest BCUT2D eigenvalue weighted by molar-refractivity contribution is 7.15. The minimum absolute atomic E-state index is 0.462. The van der Waals surface area contributed by atoms with Gasteiger partial charge in [0.15, 0.2) is 5.13 Å². The molecular weight excluding hydrogens is 230 g/mol. The monoisotopic (exact) mass is 255 g/mol. The van der Waals surface area contributed by atoms with Gasteiger partial charge in [-0.1, -0.05) is 27.2 Å². The van der Waals surface area contributed by atoms with Gasteiger partial charge in [-0.25, -0.2) is 4.98 Å². The van der Waals surface area contributed by atoms with Gasteiger partial charge in [0.05, 0.1) is 5.69 Å². The first kappa shape index (κ1) is 14.5. The summed E-state index contributed by atoms with van der Waals surface area (Å²) in [5, 5.41) is 1.14. The molecule has 0 atom stereocenters. The number of hydrogen-bond acceptors (Lipinski definition) is 4. The largest absolute Gasteiger partial charge is 0.348 e. The van der Waals surface area contributed by atoms with Crippen LogP contribution >= 0.6 is 11.3 Å². The Bertz CT molecular complexity index is 333. The van der Waals surface area contributed by atoms with E-state index in [0.717, 1.165) is 18.2 Å². The molecule has 0 radical (unpaired) electrons. The molecule has 0 aliphatic rings. The first-order valence-electron chi connectivity index (χ1n) is 6.58. The Morgan fingerprint density at radius 1 is 1.35 bits per heavy atom. The van der Waals surface area contributed by atoms with Crippen LogP contribution in [0.3, 0.4) is 0 Å². The molecule has 1 aromatic rings. The van der Waals surface area contributed by atoms with Gasteiger partial charge in [0.1, 0.15) is 0 Å². The van der Waals surface area contributed by atoms with Crippen LogP contribution in [0.15, 0.2) is 0 Å². The number of nitrogens with two attached hydrogens (primary N) is 1. The number of unbranched alkanes of at least 4 members (excludes halogenated alkanes) is 1. The lowest BCUT2D eigenvalue weighted by molar-refractivity contribution is 0.725. The summed E-state index contributed by atoms with van der Waals surface area (Å²) in [5.41, 5.74) is 6.98. The van der Waals surface area contributed by atoms with Crippen molar-refractivity contribution < 1.29 is 0 Å². The SMILES string of the molecule is CCCCN(CC)c1nc(C(C)C)c(CN)s1. The van der Waals surface area contributed by atoms with E-state index in [1.54, 1.807) is 11.3 Å². The molecule has 1 heterocycles. The predicted molar refractivity (Wildman–Crippen MR) is 76.9 cm³/mol. The van der Waals surface area contributed by atoms with Crippen LogP contribution in [0.25, 0.3) is 0 Å². The van der Waals surface area contributed by atoms with Crippen molar-refractivity contribution in [1.82, 2.24) is 4.98 Å². The van der Waals surface area contributed by atoms with E-state index < -0.39 is 0 Å². The number of hydrogen-bond donors (Lipinski definition) is 1. The Labute approximate surface area is 109 Å². The Kier molecular flexibility index (Phi) is 5.92. The highest BCUT2D eigenvalue weighted by Crippen LogP contribution is 2.30. The summed E-state index contributed by atoms with van der Waals surface area (Å²) in [6.45, 7) is 11.5. The van der Waals surface area contributed by atoms with Crippen molar-refractivity contribution in [3.05, 3.63) is 10.6 Å². The van der Waals surface area contributed by atoms with Crippen molar-refractivity contribution in [2.75, 3.05) is 18.0 Å². The molecule has 0 aromatic carbocycles. The van der Waals surface area contributed by atoms with E-state index >= 15 is 0 Å². The third kappa shape index (κ3) is 3.68. The molecular formula is C13H25N3S. The molecule has 0 bridgehead atoms. The summed E-state index contributed by atoms with van der Waals surface area (Å²) >= 11 is 1.76. The van der Waals surface area contributed by atoms with Crippen LogP contribution in [0.1, 0.15) is 57.0 Å². The number of rotatable bonds is 7. The van der Waals surface area contributed by atoms with Crippen LogP contribution < -0.4 is 10.6 Å². The Balaban J connectivity index is 2.88. The van der Waals surface area contributed by atoms with Crippen LogP contribution in [0, 0.1) is 0 Å². The number of anilines is 1. The van der Waals surface area contributed by atoms with Gasteiger partial charge >= 0.3 is 0 Å². The van der Waals surface area contributed by atoms with Gasteiger partial charge in [-0.3, -0.25) is 0 Å². The fourth-order valence-electron chi connectivity index (χ4n) is 1.82. The fourth-order valence-corrected chi connectivity index (χ4v) is 3.00. The second kappa shape index (κ2) is 6.97. The van der Waals surface area contributed by atoms with Crippen molar-refractivity contribution in [3.63, 3.8) is 0 Å². The van der Waals surface area contributed by atoms with E-state index in [-0.39, 0.29) is 0 Å². The smallest absolute Gasteiger partial charge is 0.185 e. The lowest BCUT2D eigenvalue weighted by Gasteiger charge is -2.19. The zero-order valence-corrected chi connectivity index (χ0v) is 12.3. The maximum Gasteiger partial charge on any atom is 0.185 e. The highest BCUT2D eigenvalue weighted by atomic mass is 32.1. The average Bonchev–Trinajstić information content (AvgIpc) is 2.74. The van der Waals surface area contributed by atoms with E-state index in [2.05, 4.69) is 32.6 Å². The molecule has 2 N–H and O–H groups in total. The molecule has 3 nitrogen and oxygen atoms in total. The van der Waals surface area contributed by atoms with Crippen molar-refractivity contribution >= 4 is 16.5 Å². The van der Waals surface area contributed by atoms with Crippen molar-refractivity contribution in [2.45, 2.75) is 53.0 Å². The standard InChI is InChI=1S/C13H25N3S/c1-5-7-8-16(6-2)13-15-12(10(3)4)11(9-14)17-13/h10H,5-9,14H2,1-4H3. The van der Waals surface area contributed by atoms with Gasteiger partial charge in [-0.15, -0.1) is 11.3 Å². The number of nitrogens with zero attached hydrogens (tertiary/aromatic N) is 2. The fraction of sp³-hybridized carbons (Fsp3) is 0.769. The highest BCUT2D eigenvalue weighted by Gasteiger charge is 2.16. The average molecular weight is 255 g/mol. The molecule has 0 aliphatic carbocycles. The third-order valence-corrected chi connectivity index (χ3v) is 4.04. The molecule has 0 spiro atoms. The lowest BCUT2D eigenvalue weighted by atomic mass is 10.1. The van der Waals surface area contributed by atoms with Crippen molar-refractivity contribution in [3.8, 4) is 0 Å². The van der Waals surface area contributed by atoms with Gasteiger partial charge in [-0.05, 0) is 19.3 Å². The summed E-state index contributed by atoms with van der Waals surface area (Å²) < 4.78 is 0. The normalized spacial score (nSPS) is 11.2. The molecule has 0 saturated heterocycles. The predicted octanol–water partition coefficient (Wildman–Crippen LogP) is 3.35. The van der Waals surface area contributed by atoms with Crippen LogP contribution in [-0.4, -0.2) is 18.1 Å². The lowest BCUT2D eigenvalue weighted by Crippen LogP contribution is -2.23. The molecule has 0 fully saturated rings. The molecule has 4 heteroatoms. The Hall–Kier alpha value is -0.610. The summed E-state index contributed by atoms with van der Waals surface area (Å²) in [4.78, 5) is 8.37. The van der Waals surface area contributed by atoms with Crippen LogP contribution in [-0.2, 0) is 6.54 Å². The van der Waals surface area contributed by atoms with Crippen LogP contribution in [0.4, 0.5) is 5.13 Å². The van der Waals surface area contributed by atoms with Crippen LogP contribution in [0.5, 0.6) is 0 Å². The second-order valence-corrected chi connectivity index (χ2v) is 5.66. The molecule has 17 heavy (non-hydrogen) atoms. The maximum absolute atomic E-state index is 5.80. The topological polar surface area (TPSA) is 42.2 Å². The molecule has 1 rings (SSSR count). The molecule has 0 unspecified atom stereocenters. The molecule has 0 amide bonds. The van der Waals surface area contributed by atoms with Gasteiger partial charge in [0.25, 0.3) is 0 Å². The first-order chi connectivity index (χ1) is 8.13. The van der Waals surface area contributed by atoms with E-state index in [0.29, 0.717) is 12.5 Å². The van der Waals surface area contributed by atoms with Gasteiger partial charge < -0.3 is 10.6 Å². The second-order valence-electron chi connectivity index (χ2n) is 4.60. The Morgan fingerprint density at radius 3 is 2.47 bits per heavy atom. The maximum atomic E-state index is 5.80. The molecule has 98 valence electrons. The zero-order valence-electron chi connectivity index (χ0n) is 11.5. The van der Waals surface area contributed by atoms with Crippen LogP contribution in [0.2, 0.25) is 0 Å². The molecule has 0 aliphatic heterocycles. The van der Waals surface area contributed by atoms with E-state index in [4.69, 9.17) is 10.7 Å². The zero-order chi connectivity index (χ0) is 12.8. The summed E-state index contributed by atoms with van der Waals surface area (Å²) in [5.74, 6) is 0.462. The Morgan fingerprint density at radius 2 is 2.06 bits per heavy atom. The van der Waals surface area contributed by atoms with Crippen molar-refractivity contribution in [2.24, 2.45) is 5.73 Å². The van der Waals surface area contributed by atoms with E-state index in [9.17, 15) is 0 Å². The number of thiazole rings is 1.